The molecule has 0 unspecified atom stereocenters. The number of carbonyl (C=O) groups is 1. The van der Waals surface area contributed by atoms with Gasteiger partial charge >= 0.3 is 0 Å². The summed E-state index contributed by atoms with van der Waals surface area (Å²) in [6, 6.07) is 8.12. The number of allylic oxidation sites excluding steroid dienone is 1. The van der Waals surface area contributed by atoms with E-state index in [9.17, 15) is 4.79 Å². The Kier molecular flexibility index (Phi) is 4.58. The van der Waals surface area contributed by atoms with Gasteiger partial charge in [-0.15, -0.1) is 0 Å². The molecular weight excluding hydrogens is 200 g/mol. The van der Waals surface area contributed by atoms with Crippen molar-refractivity contribution in [3.05, 3.63) is 47.7 Å². The highest BCUT2D eigenvalue weighted by molar-refractivity contribution is 5.72. The second-order valence-electron chi connectivity index (χ2n) is 3.86. The third kappa shape index (κ3) is 4.64. The van der Waals surface area contributed by atoms with Crippen LogP contribution in [0.5, 0.6) is 0 Å². The molecule has 0 aliphatic heterocycles. The van der Waals surface area contributed by atoms with E-state index in [1.807, 2.05) is 25.1 Å². The predicted octanol–water partition coefficient (Wildman–Crippen LogP) is 1.95. The van der Waals surface area contributed by atoms with Crippen molar-refractivity contribution in [2.75, 3.05) is 0 Å². The van der Waals surface area contributed by atoms with Crippen LogP contribution in [0.4, 0.5) is 0 Å². The molecule has 16 heavy (non-hydrogen) atoms. The monoisotopic (exact) mass is 218 g/mol. The standard InChI is InChI=1S/C13H18N2O/c1-10(2)14-8-12-5-4-6-13(7-12)9-15-11(3)16/h4-7,14H,1,8-9H2,2-3H3,(H,15,16). The number of carbonyl (C=O) groups excluding carboxylic acids is 1. The summed E-state index contributed by atoms with van der Waals surface area (Å²) in [5, 5.41) is 5.95. The number of amides is 1. The first-order valence-electron chi connectivity index (χ1n) is 5.29. The number of rotatable bonds is 5. The molecule has 1 amide bonds. The van der Waals surface area contributed by atoms with E-state index in [0.717, 1.165) is 17.8 Å². The topological polar surface area (TPSA) is 41.1 Å². The van der Waals surface area contributed by atoms with Crippen molar-refractivity contribution < 1.29 is 4.79 Å². The summed E-state index contributed by atoms with van der Waals surface area (Å²) in [5.74, 6) is -0.00883. The summed E-state index contributed by atoms with van der Waals surface area (Å²) in [5.41, 5.74) is 3.24. The molecule has 0 bridgehead atoms. The molecule has 0 saturated heterocycles. The molecule has 2 N–H and O–H groups in total. The molecule has 86 valence electrons. The van der Waals surface area contributed by atoms with Crippen LogP contribution in [0, 0.1) is 0 Å². The van der Waals surface area contributed by atoms with Crippen molar-refractivity contribution in [2.24, 2.45) is 0 Å². The summed E-state index contributed by atoms with van der Waals surface area (Å²) in [4.78, 5) is 10.8. The Morgan fingerprint density at radius 2 is 1.75 bits per heavy atom. The molecule has 1 rings (SSSR count). The Morgan fingerprint density at radius 1 is 1.19 bits per heavy atom. The van der Waals surface area contributed by atoms with Crippen molar-refractivity contribution in [2.45, 2.75) is 26.9 Å². The van der Waals surface area contributed by atoms with Crippen molar-refractivity contribution in [3.8, 4) is 0 Å². The van der Waals surface area contributed by atoms with Crippen LogP contribution in [-0.4, -0.2) is 5.91 Å². The zero-order valence-corrected chi connectivity index (χ0v) is 9.84. The predicted molar refractivity (Wildman–Crippen MR) is 65.6 cm³/mol. The third-order valence-electron chi connectivity index (χ3n) is 2.13. The number of nitrogens with one attached hydrogen (secondary N) is 2. The quantitative estimate of drug-likeness (QED) is 0.793. The number of benzene rings is 1. The normalized spacial score (nSPS) is 9.62. The summed E-state index contributed by atoms with van der Waals surface area (Å²) in [7, 11) is 0. The number of hydrogen-bond donors (Lipinski definition) is 2. The van der Waals surface area contributed by atoms with Gasteiger partial charge in [0.1, 0.15) is 0 Å². The zero-order valence-electron chi connectivity index (χ0n) is 9.84. The Bertz CT molecular complexity index is 352. The molecule has 1 aromatic rings. The fraction of sp³-hybridized carbons (Fsp3) is 0.308. The first kappa shape index (κ1) is 12.3. The van der Waals surface area contributed by atoms with Gasteiger partial charge in [0.05, 0.1) is 0 Å². The molecule has 1 aromatic carbocycles. The molecule has 0 heterocycles. The van der Waals surface area contributed by atoms with Gasteiger partial charge < -0.3 is 10.6 Å². The van der Waals surface area contributed by atoms with Gasteiger partial charge in [-0.2, -0.15) is 0 Å². The van der Waals surface area contributed by atoms with E-state index in [1.165, 1.54) is 12.5 Å². The highest BCUT2D eigenvalue weighted by Crippen LogP contribution is 2.05. The van der Waals surface area contributed by atoms with Crippen molar-refractivity contribution in [1.82, 2.24) is 10.6 Å². The van der Waals surface area contributed by atoms with Crippen LogP contribution in [0.15, 0.2) is 36.5 Å². The van der Waals surface area contributed by atoms with Crippen LogP contribution >= 0.6 is 0 Å². The molecule has 0 aliphatic rings. The minimum absolute atomic E-state index is 0.00883. The van der Waals surface area contributed by atoms with E-state index in [4.69, 9.17) is 0 Å². The molecule has 3 heteroatoms. The van der Waals surface area contributed by atoms with Crippen LogP contribution in [-0.2, 0) is 17.9 Å². The van der Waals surface area contributed by atoms with Crippen molar-refractivity contribution >= 4 is 5.91 Å². The summed E-state index contributed by atoms with van der Waals surface area (Å²) < 4.78 is 0. The molecule has 0 saturated carbocycles. The Labute approximate surface area is 96.6 Å². The van der Waals surface area contributed by atoms with E-state index in [1.54, 1.807) is 0 Å². The number of hydrogen-bond acceptors (Lipinski definition) is 2. The average Bonchev–Trinajstić information content (AvgIpc) is 2.24. The van der Waals surface area contributed by atoms with Crippen LogP contribution in [0.1, 0.15) is 25.0 Å². The van der Waals surface area contributed by atoms with Crippen molar-refractivity contribution in [3.63, 3.8) is 0 Å². The molecule has 0 atom stereocenters. The van der Waals surface area contributed by atoms with Gasteiger partial charge in [0.25, 0.3) is 0 Å². The van der Waals surface area contributed by atoms with Crippen LogP contribution in [0.25, 0.3) is 0 Å². The van der Waals surface area contributed by atoms with E-state index in [-0.39, 0.29) is 5.91 Å². The average molecular weight is 218 g/mol. The Balaban J connectivity index is 2.56. The second-order valence-corrected chi connectivity index (χ2v) is 3.86. The minimum atomic E-state index is -0.00883. The zero-order chi connectivity index (χ0) is 12.0. The SMILES string of the molecule is C=C(C)NCc1cccc(CNC(C)=O)c1. The first-order chi connectivity index (χ1) is 7.58. The Morgan fingerprint density at radius 3 is 2.25 bits per heavy atom. The summed E-state index contributed by atoms with van der Waals surface area (Å²) in [6.45, 7) is 8.58. The molecule has 0 spiro atoms. The molecule has 0 fully saturated rings. The van der Waals surface area contributed by atoms with Gasteiger partial charge in [-0.3, -0.25) is 4.79 Å². The van der Waals surface area contributed by atoms with Gasteiger partial charge in [-0.1, -0.05) is 30.8 Å². The van der Waals surface area contributed by atoms with Gasteiger partial charge in [0, 0.05) is 25.7 Å². The van der Waals surface area contributed by atoms with Gasteiger partial charge in [-0.05, 0) is 18.1 Å². The molecule has 0 aromatic heterocycles. The molecule has 3 nitrogen and oxygen atoms in total. The highest BCUT2D eigenvalue weighted by Gasteiger charge is 1.97. The Hall–Kier alpha value is -1.77. The van der Waals surface area contributed by atoms with E-state index >= 15 is 0 Å². The lowest BCUT2D eigenvalue weighted by Gasteiger charge is -2.08. The lowest BCUT2D eigenvalue weighted by Crippen LogP contribution is -2.19. The van der Waals surface area contributed by atoms with Crippen LogP contribution < -0.4 is 10.6 Å². The lowest BCUT2D eigenvalue weighted by molar-refractivity contribution is -0.119. The van der Waals surface area contributed by atoms with E-state index < -0.39 is 0 Å². The first-order valence-corrected chi connectivity index (χ1v) is 5.29. The van der Waals surface area contributed by atoms with Gasteiger partial charge in [-0.25, -0.2) is 0 Å². The molecule has 0 radical (unpaired) electrons. The molecule has 0 aliphatic carbocycles. The van der Waals surface area contributed by atoms with Crippen LogP contribution in [0.3, 0.4) is 0 Å². The lowest BCUT2D eigenvalue weighted by atomic mass is 10.1. The molecular formula is C13H18N2O. The van der Waals surface area contributed by atoms with Gasteiger partial charge in [0.2, 0.25) is 5.91 Å². The third-order valence-corrected chi connectivity index (χ3v) is 2.13. The van der Waals surface area contributed by atoms with Gasteiger partial charge in [0.15, 0.2) is 0 Å². The maximum Gasteiger partial charge on any atom is 0.217 e. The highest BCUT2D eigenvalue weighted by atomic mass is 16.1. The fourth-order valence-corrected chi connectivity index (χ4v) is 1.33. The largest absolute Gasteiger partial charge is 0.385 e. The smallest absolute Gasteiger partial charge is 0.217 e. The van der Waals surface area contributed by atoms with E-state index in [0.29, 0.717) is 6.54 Å². The minimum Gasteiger partial charge on any atom is -0.385 e. The fourth-order valence-electron chi connectivity index (χ4n) is 1.33. The van der Waals surface area contributed by atoms with Crippen molar-refractivity contribution in [1.29, 1.82) is 0 Å². The maximum absolute atomic E-state index is 10.8. The second kappa shape index (κ2) is 5.95. The summed E-state index contributed by atoms with van der Waals surface area (Å²) >= 11 is 0. The van der Waals surface area contributed by atoms with Crippen LogP contribution in [0.2, 0.25) is 0 Å². The maximum atomic E-state index is 10.8. The summed E-state index contributed by atoms with van der Waals surface area (Å²) in [6.07, 6.45) is 0. The van der Waals surface area contributed by atoms with E-state index in [2.05, 4.69) is 23.3 Å².